The summed E-state index contributed by atoms with van der Waals surface area (Å²) in [5.74, 6) is -0.426. The maximum Gasteiger partial charge on any atom is 0.251 e. The summed E-state index contributed by atoms with van der Waals surface area (Å²) in [4.78, 5) is 14.6. The molecule has 3 aromatic rings. The number of hydrogen-bond donors (Lipinski definition) is 1. The van der Waals surface area contributed by atoms with Gasteiger partial charge in [0, 0.05) is 36.6 Å². The Labute approximate surface area is 158 Å². The van der Waals surface area contributed by atoms with E-state index >= 15 is 0 Å². The lowest BCUT2D eigenvalue weighted by molar-refractivity contribution is 0.0940. The Kier molecular flexibility index (Phi) is 5.26. The van der Waals surface area contributed by atoms with Crippen LogP contribution in [0.5, 0.6) is 0 Å². The number of nitrogens with one attached hydrogen (secondary N) is 1. The number of hydrogen-bond acceptors (Lipinski definition) is 3. The van der Waals surface area contributed by atoms with Gasteiger partial charge in [-0.15, -0.1) is 0 Å². The molecule has 140 valence electrons. The van der Waals surface area contributed by atoms with E-state index in [2.05, 4.69) is 10.4 Å². The SMILES string of the molecule is Cc1c(C(C)NC(=O)c2cccc(N(C)C)c2)cnn1-c1ccc(F)cc1. The number of carbonyl (C=O) groups excluding carboxylic acids is 1. The van der Waals surface area contributed by atoms with Gasteiger partial charge in [0.05, 0.1) is 17.9 Å². The van der Waals surface area contributed by atoms with E-state index in [0.717, 1.165) is 22.6 Å². The van der Waals surface area contributed by atoms with Gasteiger partial charge >= 0.3 is 0 Å². The Morgan fingerprint density at radius 1 is 1.19 bits per heavy atom. The molecule has 0 fully saturated rings. The van der Waals surface area contributed by atoms with Crippen LogP contribution in [0.3, 0.4) is 0 Å². The van der Waals surface area contributed by atoms with Crippen molar-refractivity contribution in [3.63, 3.8) is 0 Å². The third-order valence-electron chi connectivity index (χ3n) is 4.56. The highest BCUT2D eigenvalue weighted by molar-refractivity contribution is 5.95. The third-order valence-corrected chi connectivity index (χ3v) is 4.56. The van der Waals surface area contributed by atoms with E-state index in [0.29, 0.717) is 5.56 Å². The van der Waals surface area contributed by atoms with Gasteiger partial charge in [-0.3, -0.25) is 4.79 Å². The van der Waals surface area contributed by atoms with E-state index in [-0.39, 0.29) is 17.8 Å². The Hall–Kier alpha value is -3.15. The fraction of sp³-hybridized carbons (Fsp3) is 0.238. The molecule has 5 nitrogen and oxygen atoms in total. The molecule has 6 heteroatoms. The van der Waals surface area contributed by atoms with Gasteiger partial charge in [-0.05, 0) is 56.3 Å². The normalized spacial score (nSPS) is 11.9. The van der Waals surface area contributed by atoms with Crippen LogP contribution in [0.1, 0.15) is 34.6 Å². The standard InChI is InChI=1S/C21H23FN4O/c1-14(24-21(27)16-6-5-7-19(12-16)25(3)4)20-13-23-26(15(20)2)18-10-8-17(22)9-11-18/h5-14H,1-4H3,(H,24,27). The molecule has 1 atom stereocenters. The van der Waals surface area contributed by atoms with Crippen LogP contribution in [0.2, 0.25) is 0 Å². The van der Waals surface area contributed by atoms with Crippen molar-refractivity contribution in [3.05, 3.63) is 77.4 Å². The maximum absolute atomic E-state index is 13.1. The van der Waals surface area contributed by atoms with Crippen molar-refractivity contribution >= 4 is 11.6 Å². The lowest BCUT2D eigenvalue weighted by atomic mass is 10.1. The van der Waals surface area contributed by atoms with Crippen LogP contribution in [0, 0.1) is 12.7 Å². The second-order valence-corrected chi connectivity index (χ2v) is 6.71. The van der Waals surface area contributed by atoms with Crippen molar-refractivity contribution in [2.75, 3.05) is 19.0 Å². The van der Waals surface area contributed by atoms with Gasteiger partial charge in [-0.1, -0.05) is 6.07 Å². The molecule has 1 amide bonds. The molecule has 2 aromatic carbocycles. The molecular formula is C21H23FN4O. The summed E-state index contributed by atoms with van der Waals surface area (Å²) in [6.45, 7) is 3.85. The Balaban J connectivity index is 1.78. The van der Waals surface area contributed by atoms with Gasteiger partial charge < -0.3 is 10.2 Å². The van der Waals surface area contributed by atoms with Gasteiger partial charge in [-0.2, -0.15) is 5.10 Å². The molecule has 3 rings (SSSR count). The number of carbonyl (C=O) groups is 1. The zero-order chi connectivity index (χ0) is 19.6. The minimum Gasteiger partial charge on any atom is -0.378 e. The second kappa shape index (κ2) is 7.61. The van der Waals surface area contributed by atoms with Crippen molar-refractivity contribution in [2.45, 2.75) is 19.9 Å². The number of halogens is 1. The van der Waals surface area contributed by atoms with Gasteiger partial charge in [0.25, 0.3) is 5.91 Å². The molecule has 0 spiro atoms. The quantitative estimate of drug-likeness (QED) is 0.746. The largest absolute Gasteiger partial charge is 0.378 e. The number of benzene rings is 2. The summed E-state index contributed by atoms with van der Waals surface area (Å²) in [6, 6.07) is 13.4. The first kappa shape index (κ1) is 18.6. The van der Waals surface area contributed by atoms with Crippen LogP contribution < -0.4 is 10.2 Å². The summed E-state index contributed by atoms with van der Waals surface area (Å²) in [5.41, 5.74) is 4.16. The smallest absolute Gasteiger partial charge is 0.251 e. The zero-order valence-electron chi connectivity index (χ0n) is 15.9. The highest BCUT2D eigenvalue weighted by Gasteiger charge is 2.17. The number of aromatic nitrogens is 2. The van der Waals surface area contributed by atoms with E-state index in [1.807, 2.05) is 51.0 Å². The third kappa shape index (κ3) is 4.00. The van der Waals surface area contributed by atoms with E-state index in [1.54, 1.807) is 29.1 Å². The van der Waals surface area contributed by atoms with Crippen molar-refractivity contribution < 1.29 is 9.18 Å². The average Bonchev–Trinajstić information content (AvgIpc) is 3.04. The van der Waals surface area contributed by atoms with E-state index in [4.69, 9.17) is 0 Å². The van der Waals surface area contributed by atoms with Gasteiger partial charge in [0.1, 0.15) is 5.82 Å². The highest BCUT2D eigenvalue weighted by atomic mass is 19.1. The van der Waals surface area contributed by atoms with Crippen LogP contribution in [-0.2, 0) is 0 Å². The fourth-order valence-corrected chi connectivity index (χ4v) is 2.97. The summed E-state index contributed by atoms with van der Waals surface area (Å²) in [7, 11) is 3.87. The maximum atomic E-state index is 13.1. The molecule has 1 aromatic heterocycles. The molecule has 1 unspecified atom stereocenters. The molecule has 0 radical (unpaired) electrons. The molecule has 0 aliphatic heterocycles. The van der Waals surface area contributed by atoms with E-state index < -0.39 is 0 Å². The fourth-order valence-electron chi connectivity index (χ4n) is 2.97. The molecule has 1 heterocycles. The number of nitrogens with zero attached hydrogens (tertiary/aromatic N) is 3. The molecule has 0 saturated carbocycles. The molecule has 0 aliphatic carbocycles. The van der Waals surface area contributed by atoms with Crippen molar-refractivity contribution in [1.82, 2.24) is 15.1 Å². The zero-order valence-corrected chi connectivity index (χ0v) is 15.9. The molecular weight excluding hydrogens is 343 g/mol. The van der Waals surface area contributed by atoms with Crippen LogP contribution in [0.25, 0.3) is 5.69 Å². The predicted octanol–water partition coefficient (Wildman–Crippen LogP) is 3.88. The molecule has 0 saturated heterocycles. The molecule has 0 bridgehead atoms. The molecule has 1 N–H and O–H groups in total. The minimum absolute atomic E-state index is 0.139. The first-order valence-electron chi connectivity index (χ1n) is 8.75. The molecule has 0 aliphatic rings. The summed E-state index contributed by atoms with van der Waals surface area (Å²) >= 11 is 0. The Morgan fingerprint density at radius 3 is 2.56 bits per heavy atom. The van der Waals surface area contributed by atoms with E-state index in [1.165, 1.54) is 12.1 Å². The predicted molar refractivity (Wildman–Crippen MR) is 105 cm³/mol. The van der Waals surface area contributed by atoms with Crippen molar-refractivity contribution in [1.29, 1.82) is 0 Å². The lowest BCUT2D eigenvalue weighted by Crippen LogP contribution is -2.27. The van der Waals surface area contributed by atoms with Crippen LogP contribution in [0.4, 0.5) is 10.1 Å². The second-order valence-electron chi connectivity index (χ2n) is 6.71. The first-order chi connectivity index (χ1) is 12.9. The summed E-state index contributed by atoms with van der Waals surface area (Å²) in [6.07, 6.45) is 1.74. The average molecular weight is 366 g/mol. The minimum atomic E-state index is -0.288. The summed E-state index contributed by atoms with van der Waals surface area (Å²) < 4.78 is 14.9. The summed E-state index contributed by atoms with van der Waals surface area (Å²) in [5, 5.41) is 7.41. The van der Waals surface area contributed by atoms with Crippen LogP contribution in [0.15, 0.2) is 54.7 Å². The number of anilines is 1. The van der Waals surface area contributed by atoms with Gasteiger partial charge in [0.2, 0.25) is 0 Å². The topological polar surface area (TPSA) is 50.2 Å². The molecule has 27 heavy (non-hydrogen) atoms. The van der Waals surface area contributed by atoms with Crippen molar-refractivity contribution in [2.24, 2.45) is 0 Å². The van der Waals surface area contributed by atoms with Gasteiger partial charge in [-0.25, -0.2) is 9.07 Å². The highest BCUT2D eigenvalue weighted by Crippen LogP contribution is 2.21. The van der Waals surface area contributed by atoms with Crippen LogP contribution >= 0.6 is 0 Å². The number of rotatable bonds is 5. The van der Waals surface area contributed by atoms with Gasteiger partial charge in [0.15, 0.2) is 0 Å². The monoisotopic (exact) mass is 366 g/mol. The Bertz CT molecular complexity index is 947. The first-order valence-corrected chi connectivity index (χ1v) is 8.75. The Morgan fingerprint density at radius 2 is 1.89 bits per heavy atom. The number of amides is 1. The van der Waals surface area contributed by atoms with Crippen molar-refractivity contribution in [3.8, 4) is 5.69 Å². The lowest BCUT2D eigenvalue weighted by Gasteiger charge is -2.16. The van der Waals surface area contributed by atoms with E-state index in [9.17, 15) is 9.18 Å². The van der Waals surface area contributed by atoms with Crippen LogP contribution in [-0.4, -0.2) is 29.8 Å².